The number of nitrogens with zero attached hydrogens (tertiary/aromatic N) is 1. The van der Waals surface area contributed by atoms with Crippen molar-refractivity contribution in [3.05, 3.63) is 22.5 Å². The lowest BCUT2D eigenvalue weighted by atomic mass is 10.2. The van der Waals surface area contributed by atoms with Gasteiger partial charge in [-0.1, -0.05) is 11.6 Å². The van der Waals surface area contributed by atoms with Crippen LogP contribution in [0.3, 0.4) is 0 Å². The first kappa shape index (κ1) is 13.9. The van der Waals surface area contributed by atoms with E-state index in [1.807, 2.05) is 0 Å². The van der Waals surface area contributed by atoms with Gasteiger partial charge in [-0.25, -0.2) is 13.8 Å². The van der Waals surface area contributed by atoms with Gasteiger partial charge >= 0.3 is 6.36 Å². The van der Waals surface area contributed by atoms with Gasteiger partial charge in [-0.2, -0.15) is 0 Å². The lowest BCUT2D eigenvalue weighted by molar-refractivity contribution is -0.274. The summed E-state index contributed by atoms with van der Waals surface area (Å²) in [6.07, 6.45) is -8.05. The summed E-state index contributed by atoms with van der Waals surface area (Å²) in [6, 6.07) is 0.482. The molecule has 0 spiro atoms. The van der Waals surface area contributed by atoms with Crippen LogP contribution in [-0.4, -0.2) is 11.3 Å². The van der Waals surface area contributed by atoms with Crippen molar-refractivity contribution in [1.82, 2.24) is 4.98 Å². The molecule has 0 aromatic carbocycles. The topological polar surface area (TPSA) is 48.1 Å². The van der Waals surface area contributed by atoms with E-state index in [4.69, 9.17) is 17.3 Å². The Bertz CT molecular complexity index is 410. The predicted molar refractivity (Wildman–Crippen MR) is 48.8 cm³/mol. The van der Waals surface area contributed by atoms with Gasteiger partial charge in [0.2, 0.25) is 0 Å². The Morgan fingerprint density at radius 3 is 2.41 bits per heavy atom. The standard InChI is InChI=1S/C8H6ClF5N2O/c9-6-5(17-8(12,13)14)1-3(7(10)11)4(2-15)16-6/h1,7H,2,15H2. The lowest BCUT2D eigenvalue weighted by Crippen LogP contribution is -2.18. The van der Waals surface area contributed by atoms with Crippen LogP contribution < -0.4 is 10.5 Å². The molecule has 0 aliphatic carbocycles. The molecular weight excluding hydrogens is 271 g/mol. The molecule has 0 unspecified atom stereocenters. The molecule has 1 aromatic heterocycles. The maximum atomic E-state index is 12.5. The number of ether oxygens (including phenoxy) is 1. The molecule has 0 aliphatic rings. The molecule has 0 saturated carbocycles. The zero-order valence-electron chi connectivity index (χ0n) is 8.06. The van der Waals surface area contributed by atoms with E-state index in [1.54, 1.807) is 0 Å². The third-order valence-electron chi connectivity index (χ3n) is 1.71. The largest absolute Gasteiger partial charge is 0.573 e. The Kier molecular flexibility index (Phi) is 4.10. The molecule has 1 rings (SSSR count). The van der Waals surface area contributed by atoms with E-state index in [1.165, 1.54) is 0 Å². The molecular formula is C8H6ClF5N2O. The average Bonchev–Trinajstić information content (AvgIpc) is 2.18. The minimum absolute atomic E-state index is 0.278. The Morgan fingerprint density at radius 2 is 2.00 bits per heavy atom. The summed E-state index contributed by atoms with van der Waals surface area (Å²) in [5.41, 5.74) is 4.10. The van der Waals surface area contributed by atoms with Crippen LogP contribution in [0.15, 0.2) is 6.07 Å². The second-order valence-electron chi connectivity index (χ2n) is 2.87. The monoisotopic (exact) mass is 276 g/mol. The fourth-order valence-electron chi connectivity index (χ4n) is 1.07. The van der Waals surface area contributed by atoms with Crippen molar-refractivity contribution < 1.29 is 26.7 Å². The van der Waals surface area contributed by atoms with E-state index in [-0.39, 0.29) is 12.2 Å². The van der Waals surface area contributed by atoms with Gasteiger partial charge in [0.25, 0.3) is 6.43 Å². The molecule has 17 heavy (non-hydrogen) atoms. The van der Waals surface area contributed by atoms with E-state index < -0.39 is 29.3 Å². The minimum Gasteiger partial charge on any atom is -0.402 e. The highest BCUT2D eigenvalue weighted by Crippen LogP contribution is 2.33. The predicted octanol–water partition coefficient (Wildman–Crippen LogP) is 3.03. The maximum absolute atomic E-state index is 12.5. The second kappa shape index (κ2) is 5.01. The highest BCUT2D eigenvalue weighted by Gasteiger charge is 2.33. The van der Waals surface area contributed by atoms with Crippen molar-refractivity contribution in [2.45, 2.75) is 19.3 Å². The van der Waals surface area contributed by atoms with Crippen molar-refractivity contribution in [3.8, 4) is 5.75 Å². The second-order valence-corrected chi connectivity index (χ2v) is 3.22. The van der Waals surface area contributed by atoms with E-state index in [0.717, 1.165) is 0 Å². The molecule has 1 aromatic rings. The number of hydrogen-bond donors (Lipinski definition) is 1. The smallest absolute Gasteiger partial charge is 0.402 e. The summed E-state index contributed by atoms with van der Waals surface area (Å²) in [7, 11) is 0. The zero-order chi connectivity index (χ0) is 13.2. The summed E-state index contributed by atoms with van der Waals surface area (Å²) in [5.74, 6) is -0.980. The molecule has 0 saturated heterocycles. The van der Waals surface area contributed by atoms with E-state index in [2.05, 4.69) is 9.72 Å². The summed E-state index contributed by atoms with van der Waals surface area (Å²) in [5, 5.41) is -0.674. The number of hydrogen-bond acceptors (Lipinski definition) is 3. The molecule has 96 valence electrons. The van der Waals surface area contributed by atoms with Gasteiger partial charge in [0.1, 0.15) is 0 Å². The number of rotatable bonds is 3. The van der Waals surface area contributed by atoms with Gasteiger partial charge in [0.15, 0.2) is 10.9 Å². The van der Waals surface area contributed by atoms with Crippen LogP contribution >= 0.6 is 11.6 Å². The van der Waals surface area contributed by atoms with Gasteiger partial charge in [0.05, 0.1) is 5.69 Å². The SMILES string of the molecule is NCc1nc(Cl)c(OC(F)(F)F)cc1C(F)F. The summed E-state index contributed by atoms with van der Waals surface area (Å²) in [4.78, 5) is 3.33. The number of pyridine rings is 1. The van der Waals surface area contributed by atoms with Crippen molar-refractivity contribution in [3.63, 3.8) is 0 Å². The average molecular weight is 277 g/mol. The third-order valence-corrected chi connectivity index (χ3v) is 1.98. The van der Waals surface area contributed by atoms with Gasteiger partial charge in [-0.3, -0.25) is 0 Å². The van der Waals surface area contributed by atoms with Crippen molar-refractivity contribution >= 4 is 11.6 Å². The van der Waals surface area contributed by atoms with E-state index >= 15 is 0 Å². The van der Waals surface area contributed by atoms with Crippen molar-refractivity contribution in [2.75, 3.05) is 0 Å². The maximum Gasteiger partial charge on any atom is 0.573 e. The molecule has 2 N–H and O–H groups in total. The fourth-order valence-corrected chi connectivity index (χ4v) is 1.27. The first-order valence-electron chi connectivity index (χ1n) is 4.18. The van der Waals surface area contributed by atoms with Crippen LogP contribution in [0.2, 0.25) is 5.15 Å². The molecule has 0 radical (unpaired) electrons. The van der Waals surface area contributed by atoms with Gasteiger partial charge in [-0.15, -0.1) is 13.2 Å². The van der Waals surface area contributed by atoms with Crippen LogP contribution in [-0.2, 0) is 6.54 Å². The van der Waals surface area contributed by atoms with Gasteiger partial charge < -0.3 is 10.5 Å². The highest BCUT2D eigenvalue weighted by molar-refractivity contribution is 6.30. The molecule has 0 atom stereocenters. The van der Waals surface area contributed by atoms with Crippen LogP contribution in [0.5, 0.6) is 5.75 Å². The normalized spacial score (nSPS) is 12.0. The van der Waals surface area contributed by atoms with E-state index in [0.29, 0.717) is 6.07 Å². The molecule has 0 bridgehead atoms. The van der Waals surface area contributed by atoms with Gasteiger partial charge in [-0.05, 0) is 6.07 Å². The Balaban J connectivity index is 3.20. The Labute approximate surface area is 97.3 Å². The molecule has 1 heterocycles. The van der Waals surface area contributed by atoms with Crippen LogP contribution in [0, 0.1) is 0 Å². The zero-order valence-corrected chi connectivity index (χ0v) is 8.82. The van der Waals surface area contributed by atoms with Gasteiger partial charge in [0, 0.05) is 12.1 Å². The molecule has 9 heteroatoms. The number of halogens is 6. The molecule has 0 amide bonds. The first-order chi connectivity index (χ1) is 7.74. The molecule has 0 aliphatic heterocycles. The van der Waals surface area contributed by atoms with Crippen LogP contribution in [0.4, 0.5) is 22.0 Å². The van der Waals surface area contributed by atoms with Crippen LogP contribution in [0.1, 0.15) is 17.7 Å². The number of nitrogens with two attached hydrogens (primary N) is 1. The lowest BCUT2D eigenvalue weighted by Gasteiger charge is -2.13. The van der Waals surface area contributed by atoms with Crippen LogP contribution in [0.25, 0.3) is 0 Å². The van der Waals surface area contributed by atoms with Crippen molar-refractivity contribution in [2.24, 2.45) is 5.73 Å². The summed E-state index contributed by atoms with van der Waals surface area (Å²) in [6.45, 7) is -0.369. The highest BCUT2D eigenvalue weighted by atomic mass is 35.5. The number of alkyl halides is 5. The quantitative estimate of drug-likeness (QED) is 0.682. The Hall–Kier alpha value is -1.15. The summed E-state index contributed by atoms with van der Waals surface area (Å²) < 4.78 is 64.2. The molecule has 3 nitrogen and oxygen atoms in total. The Morgan fingerprint density at radius 1 is 1.41 bits per heavy atom. The van der Waals surface area contributed by atoms with Crippen molar-refractivity contribution in [1.29, 1.82) is 0 Å². The summed E-state index contributed by atoms with van der Waals surface area (Å²) >= 11 is 5.35. The first-order valence-corrected chi connectivity index (χ1v) is 4.55. The third kappa shape index (κ3) is 3.67. The fraction of sp³-hybridized carbons (Fsp3) is 0.375. The van der Waals surface area contributed by atoms with E-state index in [9.17, 15) is 22.0 Å². The number of aromatic nitrogens is 1. The minimum atomic E-state index is -5.03. The molecule has 0 fully saturated rings.